The molecule has 0 aromatic rings. The fourth-order valence-corrected chi connectivity index (χ4v) is 9.42. The van der Waals surface area contributed by atoms with Gasteiger partial charge in [0.2, 0.25) is 0 Å². The van der Waals surface area contributed by atoms with Crippen molar-refractivity contribution in [3.8, 4) is 0 Å². The molecule has 0 N–H and O–H groups in total. The van der Waals surface area contributed by atoms with Crippen molar-refractivity contribution in [2.24, 2.45) is 0 Å². The summed E-state index contributed by atoms with van der Waals surface area (Å²) in [4.78, 5) is 0. The molecule has 6 heteroatoms. The average Bonchev–Trinajstić information content (AvgIpc) is 2.36. The van der Waals surface area contributed by atoms with Gasteiger partial charge in [0.25, 0.3) is 0 Å². The summed E-state index contributed by atoms with van der Waals surface area (Å²) in [7, 11) is -2.84. The zero-order chi connectivity index (χ0) is 16.9. The monoisotopic (exact) mass is 366 g/mol. The van der Waals surface area contributed by atoms with E-state index in [1.165, 1.54) is 31.0 Å². The zero-order valence-electron chi connectivity index (χ0n) is 16.3. The van der Waals surface area contributed by atoms with E-state index >= 15 is 0 Å². The highest BCUT2D eigenvalue weighted by atomic mass is 28.4. The second-order valence-corrected chi connectivity index (χ2v) is 20.9. The van der Waals surface area contributed by atoms with Gasteiger partial charge in [0.15, 0.2) is 8.32 Å². The Morgan fingerprint density at radius 2 is 1.52 bits per heavy atom. The molecule has 0 saturated carbocycles. The topological polar surface area (TPSA) is 18.5 Å². The molecule has 1 aliphatic heterocycles. The van der Waals surface area contributed by atoms with Crippen molar-refractivity contribution in [1.82, 2.24) is 0 Å². The first-order chi connectivity index (χ1) is 9.60. The molecule has 1 saturated heterocycles. The van der Waals surface area contributed by atoms with Crippen LogP contribution in [0.3, 0.4) is 0 Å². The molecule has 0 aromatic carbocycles. The lowest BCUT2D eigenvalue weighted by atomic mass is 10.4. The summed E-state index contributed by atoms with van der Waals surface area (Å²) in [5.74, 6) is 0. The van der Waals surface area contributed by atoms with Crippen LogP contribution in [0.1, 0.15) is 26.7 Å². The lowest BCUT2D eigenvalue weighted by Gasteiger charge is -2.35. The van der Waals surface area contributed by atoms with Gasteiger partial charge >= 0.3 is 8.56 Å². The first-order valence-electron chi connectivity index (χ1n) is 8.94. The Bertz CT molecular complexity index is 216. The van der Waals surface area contributed by atoms with Crippen LogP contribution in [0, 0.1) is 0 Å². The summed E-state index contributed by atoms with van der Waals surface area (Å²) < 4.78 is 11.9. The SMILES string of the molecule is CC[SiH2]C.CC[SiH](C)C.C[Si]1(C)CCCCO[Si](C)(C)O1. The van der Waals surface area contributed by atoms with Crippen molar-refractivity contribution in [3.63, 3.8) is 0 Å². The highest BCUT2D eigenvalue weighted by Gasteiger charge is 2.35. The van der Waals surface area contributed by atoms with Crippen LogP contribution in [0.15, 0.2) is 0 Å². The summed E-state index contributed by atoms with van der Waals surface area (Å²) in [6, 6.07) is 4.20. The first kappa shape index (κ1) is 24.0. The normalized spacial score (nSPS) is 20.9. The maximum absolute atomic E-state index is 6.12. The van der Waals surface area contributed by atoms with Crippen LogP contribution in [0.4, 0.5) is 0 Å². The summed E-state index contributed by atoms with van der Waals surface area (Å²) in [6.45, 7) is 21.4. The third kappa shape index (κ3) is 18.7. The van der Waals surface area contributed by atoms with Crippen LogP contribution in [-0.4, -0.2) is 41.8 Å². The maximum atomic E-state index is 6.12. The number of hydrogen-bond acceptors (Lipinski definition) is 2. The first-order valence-corrected chi connectivity index (χ1v) is 20.4. The summed E-state index contributed by atoms with van der Waals surface area (Å²) >= 11 is 0. The van der Waals surface area contributed by atoms with Crippen molar-refractivity contribution in [2.45, 2.75) is 90.7 Å². The fourth-order valence-electron chi connectivity index (χ4n) is 1.72. The van der Waals surface area contributed by atoms with Crippen LogP contribution in [-0.2, 0) is 8.54 Å². The fraction of sp³-hybridized carbons (Fsp3) is 1.00. The second kappa shape index (κ2) is 13.2. The third-order valence-corrected chi connectivity index (χ3v) is 12.7. The van der Waals surface area contributed by atoms with Gasteiger partial charge in [-0.2, -0.15) is 0 Å². The number of rotatable bonds is 2. The molecule has 1 fully saturated rings. The van der Waals surface area contributed by atoms with Crippen LogP contribution in [0.5, 0.6) is 0 Å². The molecule has 0 radical (unpaired) electrons. The minimum Gasteiger partial charge on any atom is -0.436 e. The minimum atomic E-state index is -1.75. The Balaban J connectivity index is 0. The average molecular weight is 367 g/mol. The van der Waals surface area contributed by atoms with Gasteiger partial charge in [-0.25, -0.2) is 0 Å². The lowest BCUT2D eigenvalue weighted by molar-refractivity contribution is 0.231. The van der Waals surface area contributed by atoms with E-state index in [1.54, 1.807) is 0 Å². The minimum absolute atomic E-state index is 0.150. The standard InChI is InChI=1S/C8H20O2Si2.C4H12Si.C3H10Si/c1-11(2)8-6-5-7-9-12(3,4)10-11;1-4-5(2)3;1-3-4-2/h5-8H2,1-4H3;5H,4H2,1-3H3;3-4H2,1-2H3. The van der Waals surface area contributed by atoms with Gasteiger partial charge in [-0.15, -0.1) is 0 Å². The van der Waals surface area contributed by atoms with E-state index in [0.29, 0.717) is 9.52 Å². The Morgan fingerprint density at radius 1 is 1.05 bits per heavy atom. The van der Waals surface area contributed by atoms with Crippen LogP contribution in [0.2, 0.25) is 64.0 Å². The molecular formula is C15H42O2Si4. The van der Waals surface area contributed by atoms with Gasteiger partial charge in [-0.3, -0.25) is 0 Å². The van der Waals surface area contributed by atoms with E-state index < -0.39 is 16.9 Å². The molecule has 130 valence electrons. The third-order valence-electron chi connectivity index (χ3n) is 3.46. The van der Waals surface area contributed by atoms with Crippen molar-refractivity contribution in [1.29, 1.82) is 0 Å². The van der Waals surface area contributed by atoms with Crippen LogP contribution >= 0.6 is 0 Å². The molecule has 0 unspecified atom stereocenters. The van der Waals surface area contributed by atoms with Gasteiger partial charge in [-0.1, -0.05) is 52.0 Å². The Labute approximate surface area is 141 Å². The van der Waals surface area contributed by atoms with Crippen molar-refractivity contribution >= 4 is 35.2 Å². The zero-order valence-corrected chi connectivity index (χ0v) is 20.9. The Kier molecular flexibility index (Phi) is 15.2. The molecule has 21 heavy (non-hydrogen) atoms. The highest BCUT2D eigenvalue weighted by Crippen LogP contribution is 2.24. The van der Waals surface area contributed by atoms with Gasteiger partial charge in [0.1, 0.15) is 0 Å². The predicted octanol–water partition coefficient (Wildman–Crippen LogP) is 4.85. The second-order valence-electron chi connectivity index (χ2n) is 7.37. The van der Waals surface area contributed by atoms with Gasteiger partial charge in [0.05, 0.1) is 0 Å². The van der Waals surface area contributed by atoms with Crippen molar-refractivity contribution in [3.05, 3.63) is 0 Å². The quantitative estimate of drug-likeness (QED) is 0.650. The molecule has 2 nitrogen and oxygen atoms in total. The number of hydrogen-bond donors (Lipinski definition) is 0. The van der Waals surface area contributed by atoms with Crippen molar-refractivity contribution < 1.29 is 8.54 Å². The molecule has 1 rings (SSSR count). The molecule has 0 atom stereocenters. The molecular weight excluding hydrogens is 325 g/mol. The van der Waals surface area contributed by atoms with E-state index in [2.05, 4.69) is 59.7 Å². The summed E-state index contributed by atoms with van der Waals surface area (Å²) in [6.07, 6.45) is 2.50. The van der Waals surface area contributed by atoms with Crippen LogP contribution < -0.4 is 0 Å². The van der Waals surface area contributed by atoms with Crippen molar-refractivity contribution in [2.75, 3.05) is 6.61 Å². The van der Waals surface area contributed by atoms with Gasteiger partial charge in [-0.05, 0) is 38.7 Å². The highest BCUT2D eigenvalue weighted by molar-refractivity contribution is 6.82. The molecule has 0 spiro atoms. The lowest BCUT2D eigenvalue weighted by Crippen LogP contribution is -2.47. The van der Waals surface area contributed by atoms with Crippen LogP contribution in [0.25, 0.3) is 0 Å². The molecule has 0 aromatic heterocycles. The predicted molar refractivity (Wildman–Crippen MR) is 110 cm³/mol. The maximum Gasteiger partial charge on any atom is 0.321 e. The van der Waals surface area contributed by atoms with E-state index in [9.17, 15) is 0 Å². The van der Waals surface area contributed by atoms with E-state index in [0.717, 1.165) is 6.61 Å². The Morgan fingerprint density at radius 3 is 1.90 bits per heavy atom. The smallest absolute Gasteiger partial charge is 0.321 e. The molecule has 0 amide bonds. The van der Waals surface area contributed by atoms with Gasteiger partial charge in [0, 0.05) is 24.9 Å². The summed E-state index contributed by atoms with van der Waals surface area (Å²) in [5.41, 5.74) is 0. The van der Waals surface area contributed by atoms with E-state index in [4.69, 9.17) is 8.54 Å². The van der Waals surface area contributed by atoms with Gasteiger partial charge < -0.3 is 8.54 Å². The summed E-state index contributed by atoms with van der Waals surface area (Å²) in [5, 5.41) is 0. The molecule has 1 heterocycles. The van der Waals surface area contributed by atoms with E-state index in [-0.39, 0.29) is 8.80 Å². The Hall–Kier alpha value is 0.788. The molecule has 0 bridgehead atoms. The largest absolute Gasteiger partial charge is 0.436 e. The molecule has 1 aliphatic rings. The molecule has 0 aliphatic carbocycles. The van der Waals surface area contributed by atoms with E-state index in [1.807, 2.05) is 0 Å².